The highest BCUT2D eigenvalue weighted by Crippen LogP contribution is 2.41. The molecule has 1 atom stereocenters. The minimum atomic E-state index is -0.815. The highest BCUT2D eigenvalue weighted by molar-refractivity contribution is 5.85. The van der Waals surface area contributed by atoms with Crippen molar-refractivity contribution in [1.29, 1.82) is 0 Å². The normalized spacial score (nSPS) is 20.4. The van der Waals surface area contributed by atoms with Gasteiger partial charge in [-0.25, -0.2) is 0 Å². The molecule has 2 N–H and O–H groups in total. The van der Waals surface area contributed by atoms with Crippen LogP contribution in [0.5, 0.6) is 0 Å². The van der Waals surface area contributed by atoms with E-state index in [9.17, 15) is 14.7 Å². The Hall–Kier alpha value is -1.06. The number of hydrogen-bond acceptors (Lipinski definition) is 2. The molecule has 4 nitrogen and oxygen atoms in total. The molecule has 4 heteroatoms. The number of amides is 1. The third-order valence-electron chi connectivity index (χ3n) is 3.53. The van der Waals surface area contributed by atoms with Crippen molar-refractivity contribution in [2.24, 2.45) is 5.41 Å². The van der Waals surface area contributed by atoms with Crippen LogP contribution < -0.4 is 5.32 Å². The molecule has 0 bridgehead atoms. The van der Waals surface area contributed by atoms with E-state index in [2.05, 4.69) is 5.32 Å². The van der Waals surface area contributed by atoms with Gasteiger partial charge in [0.05, 0.1) is 5.41 Å². The molecular formula is C12H21NO3. The molecule has 1 fully saturated rings. The fraction of sp³-hybridized carbons (Fsp3) is 0.833. The van der Waals surface area contributed by atoms with E-state index < -0.39 is 11.4 Å². The Morgan fingerprint density at radius 1 is 1.38 bits per heavy atom. The number of aliphatic carboxylic acids is 1. The molecule has 0 heterocycles. The van der Waals surface area contributed by atoms with Gasteiger partial charge in [0.1, 0.15) is 0 Å². The molecule has 16 heavy (non-hydrogen) atoms. The van der Waals surface area contributed by atoms with E-state index >= 15 is 0 Å². The molecule has 1 aliphatic carbocycles. The number of carbonyl (C=O) groups excluding carboxylic acids is 1. The summed E-state index contributed by atoms with van der Waals surface area (Å²) in [5.41, 5.74) is -0.794. The average Bonchev–Trinajstić information content (AvgIpc) is 2.67. The van der Waals surface area contributed by atoms with Gasteiger partial charge in [0, 0.05) is 12.5 Å². The van der Waals surface area contributed by atoms with Gasteiger partial charge < -0.3 is 10.4 Å². The summed E-state index contributed by atoms with van der Waals surface area (Å²) in [6.07, 6.45) is 4.11. The van der Waals surface area contributed by atoms with Crippen molar-refractivity contribution < 1.29 is 14.7 Å². The Morgan fingerprint density at radius 2 is 1.94 bits per heavy atom. The van der Waals surface area contributed by atoms with Crippen LogP contribution in [0.2, 0.25) is 0 Å². The minimum absolute atomic E-state index is 0.125. The van der Waals surface area contributed by atoms with Crippen LogP contribution in [0.1, 0.15) is 52.4 Å². The smallest absolute Gasteiger partial charge is 0.310 e. The van der Waals surface area contributed by atoms with Gasteiger partial charge in [-0.1, -0.05) is 19.8 Å². The first-order chi connectivity index (χ1) is 7.50. The third kappa shape index (κ3) is 2.97. The number of carboxylic acids is 1. The largest absolute Gasteiger partial charge is 0.481 e. The Bertz CT molecular complexity index is 269. The van der Waals surface area contributed by atoms with E-state index in [-0.39, 0.29) is 18.4 Å². The zero-order valence-electron chi connectivity index (χ0n) is 10.1. The first kappa shape index (κ1) is 13.0. The Kier molecular flexibility index (Phi) is 4.33. The van der Waals surface area contributed by atoms with Gasteiger partial charge in [0.25, 0.3) is 0 Å². The van der Waals surface area contributed by atoms with Crippen LogP contribution in [-0.4, -0.2) is 23.0 Å². The molecule has 92 valence electrons. The molecule has 1 unspecified atom stereocenters. The topological polar surface area (TPSA) is 66.4 Å². The van der Waals surface area contributed by atoms with Gasteiger partial charge in [0.15, 0.2) is 0 Å². The molecule has 0 aromatic heterocycles. The third-order valence-corrected chi connectivity index (χ3v) is 3.53. The summed E-state index contributed by atoms with van der Waals surface area (Å²) in [6.45, 7) is 3.92. The molecule has 0 saturated heterocycles. The van der Waals surface area contributed by atoms with E-state index in [1.165, 1.54) is 0 Å². The number of hydrogen-bond donors (Lipinski definition) is 2. The molecule has 1 saturated carbocycles. The van der Waals surface area contributed by atoms with Crippen LogP contribution in [-0.2, 0) is 9.59 Å². The number of rotatable bonds is 5. The highest BCUT2D eigenvalue weighted by atomic mass is 16.4. The summed E-state index contributed by atoms with van der Waals surface area (Å²) in [5, 5.41) is 12.1. The predicted octanol–water partition coefficient (Wildman–Crippen LogP) is 1.94. The second-order valence-electron chi connectivity index (χ2n) is 4.85. The lowest BCUT2D eigenvalue weighted by atomic mass is 9.82. The van der Waals surface area contributed by atoms with Crippen molar-refractivity contribution in [3.63, 3.8) is 0 Å². The zero-order chi connectivity index (χ0) is 12.2. The lowest BCUT2D eigenvalue weighted by Gasteiger charge is -2.23. The Labute approximate surface area is 96.4 Å². The second kappa shape index (κ2) is 5.32. The Balaban J connectivity index is 2.56. The summed E-state index contributed by atoms with van der Waals surface area (Å²) < 4.78 is 0. The quantitative estimate of drug-likeness (QED) is 0.754. The van der Waals surface area contributed by atoms with E-state index in [1.807, 2.05) is 13.8 Å². The highest BCUT2D eigenvalue weighted by Gasteiger charge is 2.42. The minimum Gasteiger partial charge on any atom is -0.481 e. The summed E-state index contributed by atoms with van der Waals surface area (Å²) in [6, 6.07) is 0.125. The first-order valence-electron chi connectivity index (χ1n) is 6.03. The lowest BCUT2D eigenvalue weighted by molar-refractivity contribution is -0.151. The van der Waals surface area contributed by atoms with Gasteiger partial charge in [0.2, 0.25) is 5.91 Å². The summed E-state index contributed by atoms with van der Waals surface area (Å²) in [7, 11) is 0. The molecule has 1 aliphatic rings. The number of carboxylic acid groups (broad SMARTS) is 1. The second-order valence-corrected chi connectivity index (χ2v) is 4.85. The fourth-order valence-corrected chi connectivity index (χ4v) is 2.25. The average molecular weight is 227 g/mol. The van der Waals surface area contributed by atoms with Crippen molar-refractivity contribution >= 4 is 11.9 Å². The molecule has 0 spiro atoms. The monoisotopic (exact) mass is 227 g/mol. The molecule has 0 aromatic rings. The summed E-state index contributed by atoms with van der Waals surface area (Å²) in [4.78, 5) is 22.9. The van der Waals surface area contributed by atoms with Gasteiger partial charge >= 0.3 is 5.97 Å². The standard InChI is InChI=1S/C12H21NO3/c1-3-9(2)13-10(14)8-12(11(15)16)6-4-5-7-12/h9H,3-8H2,1-2H3,(H,13,14)(H,15,16). The van der Waals surface area contributed by atoms with Gasteiger partial charge in [-0.3, -0.25) is 9.59 Å². The summed E-state index contributed by atoms with van der Waals surface area (Å²) in [5.74, 6) is -0.942. The van der Waals surface area contributed by atoms with E-state index in [4.69, 9.17) is 0 Å². The van der Waals surface area contributed by atoms with Crippen molar-refractivity contribution in [1.82, 2.24) is 5.32 Å². The van der Waals surface area contributed by atoms with Crippen LogP contribution in [0.25, 0.3) is 0 Å². The van der Waals surface area contributed by atoms with E-state index in [1.54, 1.807) is 0 Å². The van der Waals surface area contributed by atoms with Crippen LogP contribution >= 0.6 is 0 Å². The molecule has 0 radical (unpaired) electrons. The van der Waals surface area contributed by atoms with Gasteiger partial charge in [-0.2, -0.15) is 0 Å². The van der Waals surface area contributed by atoms with Crippen LogP contribution in [0.4, 0.5) is 0 Å². The number of carbonyl (C=O) groups is 2. The van der Waals surface area contributed by atoms with Crippen LogP contribution in [0.15, 0.2) is 0 Å². The number of nitrogens with one attached hydrogen (secondary N) is 1. The SMILES string of the molecule is CCC(C)NC(=O)CC1(C(=O)O)CCCC1. The zero-order valence-corrected chi connectivity index (χ0v) is 10.1. The fourth-order valence-electron chi connectivity index (χ4n) is 2.25. The maximum Gasteiger partial charge on any atom is 0.310 e. The predicted molar refractivity (Wildman–Crippen MR) is 61.0 cm³/mol. The van der Waals surface area contributed by atoms with Gasteiger partial charge in [-0.05, 0) is 26.2 Å². The van der Waals surface area contributed by atoms with Crippen molar-refractivity contribution in [2.45, 2.75) is 58.4 Å². The van der Waals surface area contributed by atoms with Crippen LogP contribution in [0.3, 0.4) is 0 Å². The van der Waals surface area contributed by atoms with Crippen molar-refractivity contribution in [2.75, 3.05) is 0 Å². The molecular weight excluding hydrogens is 206 g/mol. The summed E-state index contributed by atoms with van der Waals surface area (Å²) >= 11 is 0. The van der Waals surface area contributed by atoms with Crippen molar-refractivity contribution in [3.8, 4) is 0 Å². The first-order valence-corrected chi connectivity index (χ1v) is 6.03. The Morgan fingerprint density at radius 3 is 2.38 bits per heavy atom. The van der Waals surface area contributed by atoms with Crippen molar-refractivity contribution in [3.05, 3.63) is 0 Å². The van der Waals surface area contributed by atoms with Crippen LogP contribution in [0, 0.1) is 5.41 Å². The molecule has 1 rings (SSSR count). The van der Waals surface area contributed by atoms with E-state index in [0.29, 0.717) is 12.8 Å². The molecule has 1 amide bonds. The molecule has 0 aliphatic heterocycles. The maximum atomic E-state index is 11.7. The van der Waals surface area contributed by atoms with Gasteiger partial charge in [-0.15, -0.1) is 0 Å². The lowest BCUT2D eigenvalue weighted by Crippen LogP contribution is -2.39. The molecule has 0 aromatic carbocycles. The van der Waals surface area contributed by atoms with E-state index in [0.717, 1.165) is 19.3 Å². The maximum absolute atomic E-state index is 11.7.